The molecule has 0 atom stereocenters. The number of aromatic nitrogens is 3. The number of likely N-dealkylation sites (N-methyl/N-ethyl adjacent to an activating group) is 1. The fourth-order valence-corrected chi connectivity index (χ4v) is 5.12. The standard InChI is InChI=1S/C31H40N8O2/c1-31(2,3)26-18-24(27-28(32)36-38(5)29(27)35-26)20-7-10-22(11-8-20)33-30(40)34-23-12-9-21(25(17-23)41-6)19-39-15-13-37(4)14-16-39/h7-12,17-18H,13-16,19H2,1-6H3,(H2,32,36)(H2,33,34,40). The lowest BCUT2D eigenvalue weighted by Crippen LogP contribution is -2.43. The molecule has 0 aliphatic carbocycles. The highest BCUT2D eigenvalue weighted by atomic mass is 16.5. The number of piperazine rings is 1. The molecule has 0 bridgehead atoms. The Hall–Kier alpha value is -4.15. The molecule has 2 amide bonds. The maximum absolute atomic E-state index is 12.8. The van der Waals surface area contributed by atoms with Crippen molar-refractivity contribution in [1.82, 2.24) is 24.6 Å². The maximum Gasteiger partial charge on any atom is 0.323 e. The van der Waals surface area contributed by atoms with Gasteiger partial charge in [0.15, 0.2) is 11.5 Å². The fraction of sp³-hybridized carbons (Fsp3) is 0.387. The van der Waals surface area contributed by atoms with Crippen LogP contribution in [0, 0.1) is 0 Å². The summed E-state index contributed by atoms with van der Waals surface area (Å²) < 4.78 is 7.37. The number of carbonyl (C=O) groups excluding carboxylic acids is 1. The summed E-state index contributed by atoms with van der Waals surface area (Å²) in [7, 11) is 5.66. The number of hydrogen-bond acceptors (Lipinski definition) is 7. The molecule has 3 heterocycles. The average Bonchev–Trinajstić information content (AvgIpc) is 3.23. The summed E-state index contributed by atoms with van der Waals surface area (Å²) in [5.41, 5.74) is 12.2. The van der Waals surface area contributed by atoms with Crippen molar-refractivity contribution < 1.29 is 9.53 Å². The molecule has 1 fully saturated rings. The van der Waals surface area contributed by atoms with Crippen molar-refractivity contribution in [2.45, 2.75) is 32.7 Å². The molecule has 0 unspecified atom stereocenters. The van der Waals surface area contributed by atoms with E-state index in [1.165, 1.54) is 0 Å². The topological polar surface area (TPSA) is 114 Å². The van der Waals surface area contributed by atoms with Crippen molar-refractivity contribution in [2.24, 2.45) is 7.05 Å². The highest BCUT2D eigenvalue weighted by Crippen LogP contribution is 2.35. The van der Waals surface area contributed by atoms with E-state index < -0.39 is 0 Å². The third kappa shape index (κ3) is 6.28. The Morgan fingerprint density at radius 2 is 1.63 bits per heavy atom. The second kappa shape index (κ2) is 11.4. The van der Waals surface area contributed by atoms with Gasteiger partial charge in [-0.1, -0.05) is 39.0 Å². The first-order valence-corrected chi connectivity index (χ1v) is 13.9. The zero-order valence-electron chi connectivity index (χ0n) is 24.8. The number of rotatable bonds is 6. The maximum atomic E-state index is 12.8. The Kier molecular flexibility index (Phi) is 7.88. The number of amides is 2. The zero-order chi connectivity index (χ0) is 29.3. The van der Waals surface area contributed by atoms with Crippen molar-refractivity contribution >= 4 is 34.3 Å². The van der Waals surface area contributed by atoms with E-state index in [1.54, 1.807) is 11.8 Å². The Bertz CT molecular complexity index is 1550. The Balaban J connectivity index is 1.29. The SMILES string of the molecule is COc1cc(NC(=O)Nc2ccc(-c3cc(C(C)(C)C)nc4c3c(N)nn4C)cc2)ccc1CN1CCN(C)CC1. The quantitative estimate of drug-likeness (QED) is 0.309. The molecular weight excluding hydrogens is 516 g/mol. The van der Waals surface area contributed by atoms with Gasteiger partial charge >= 0.3 is 6.03 Å². The number of nitrogen functional groups attached to an aromatic ring is 1. The van der Waals surface area contributed by atoms with Gasteiger partial charge in [-0.25, -0.2) is 14.5 Å². The molecule has 10 nitrogen and oxygen atoms in total. The third-order valence-electron chi connectivity index (χ3n) is 7.58. The third-order valence-corrected chi connectivity index (χ3v) is 7.58. The molecule has 2 aromatic heterocycles. The van der Waals surface area contributed by atoms with E-state index in [9.17, 15) is 4.79 Å². The van der Waals surface area contributed by atoms with Crippen LogP contribution in [0.4, 0.5) is 22.0 Å². The molecule has 0 saturated carbocycles. The van der Waals surface area contributed by atoms with E-state index in [2.05, 4.69) is 59.4 Å². The predicted octanol–water partition coefficient (Wildman–Crippen LogP) is 4.92. The van der Waals surface area contributed by atoms with Gasteiger partial charge in [-0.05, 0) is 42.4 Å². The minimum Gasteiger partial charge on any atom is -0.496 e. The van der Waals surface area contributed by atoms with Gasteiger partial charge in [0.1, 0.15) is 5.75 Å². The summed E-state index contributed by atoms with van der Waals surface area (Å²) in [4.78, 5) is 22.4. The number of aryl methyl sites for hydroxylation is 1. The monoisotopic (exact) mass is 556 g/mol. The first-order chi connectivity index (χ1) is 19.5. The van der Waals surface area contributed by atoms with Gasteiger partial charge in [-0.15, -0.1) is 0 Å². The molecule has 1 aliphatic heterocycles. The van der Waals surface area contributed by atoms with Crippen LogP contribution in [0.1, 0.15) is 32.0 Å². The number of methoxy groups -OCH3 is 1. The molecule has 1 aliphatic rings. The lowest BCUT2D eigenvalue weighted by atomic mass is 9.89. The Morgan fingerprint density at radius 3 is 2.29 bits per heavy atom. The minimum atomic E-state index is -0.329. The first kappa shape index (κ1) is 28.4. The predicted molar refractivity (Wildman–Crippen MR) is 165 cm³/mol. The Morgan fingerprint density at radius 1 is 0.976 bits per heavy atom. The summed E-state index contributed by atoms with van der Waals surface area (Å²) in [6, 6.07) is 15.3. The molecule has 2 aromatic carbocycles. The molecule has 216 valence electrons. The lowest BCUT2D eigenvalue weighted by molar-refractivity contribution is 0.147. The average molecular weight is 557 g/mol. The summed E-state index contributed by atoms with van der Waals surface area (Å²) in [5.74, 6) is 1.20. The summed E-state index contributed by atoms with van der Waals surface area (Å²) >= 11 is 0. The van der Waals surface area contributed by atoms with Gasteiger partial charge in [0.05, 0.1) is 12.5 Å². The van der Waals surface area contributed by atoms with Crippen molar-refractivity contribution in [3.8, 4) is 16.9 Å². The van der Waals surface area contributed by atoms with Crippen LogP contribution < -0.4 is 21.1 Å². The highest BCUT2D eigenvalue weighted by molar-refractivity contribution is 6.02. The zero-order valence-corrected chi connectivity index (χ0v) is 24.8. The number of ether oxygens (including phenoxy) is 1. The number of fused-ring (bicyclic) bond motifs is 1. The summed E-state index contributed by atoms with van der Waals surface area (Å²) in [6.45, 7) is 11.4. The number of benzene rings is 2. The van der Waals surface area contributed by atoms with E-state index in [4.69, 9.17) is 15.5 Å². The van der Waals surface area contributed by atoms with Gasteiger partial charge in [0.25, 0.3) is 0 Å². The van der Waals surface area contributed by atoms with Crippen LogP contribution in [0.2, 0.25) is 0 Å². The molecule has 1 saturated heterocycles. The molecule has 4 N–H and O–H groups in total. The molecule has 0 spiro atoms. The number of nitrogens with two attached hydrogens (primary N) is 1. The largest absolute Gasteiger partial charge is 0.496 e. The second-order valence-electron chi connectivity index (χ2n) is 11.8. The van der Waals surface area contributed by atoms with Crippen LogP contribution in [0.5, 0.6) is 5.75 Å². The molecule has 0 radical (unpaired) electrons. The van der Waals surface area contributed by atoms with Gasteiger partial charge < -0.3 is 26.0 Å². The molecular formula is C31H40N8O2. The van der Waals surface area contributed by atoms with Gasteiger partial charge in [0.2, 0.25) is 0 Å². The Labute approximate surface area is 241 Å². The highest BCUT2D eigenvalue weighted by Gasteiger charge is 2.22. The first-order valence-electron chi connectivity index (χ1n) is 13.9. The molecule has 4 aromatic rings. The van der Waals surface area contributed by atoms with Gasteiger partial charge in [0, 0.05) is 73.9 Å². The molecule has 10 heteroatoms. The lowest BCUT2D eigenvalue weighted by Gasteiger charge is -2.32. The van der Waals surface area contributed by atoms with Crippen molar-refractivity contribution in [2.75, 3.05) is 56.7 Å². The number of pyridine rings is 1. The van der Waals surface area contributed by atoms with E-state index in [1.807, 2.05) is 49.5 Å². The van der Waals surface area contributed by atoms with Gasteiger partial charge in [-0.2, -0.15) is 5.10 Å². The number of urea groups is 1. The van der Waals surface area contributed by atoms with E-state index in [0.717, 1.165) is 71.9 Å². The summed E-state index contributed by atoms with van der Waals surface area (Å²) in [6.07, 6.45) is 0. The smallest absolute Gasteiger partial charge is 0.323 e. The van der Waals surface area contributed by atoms with Crippen molar-refractivity contribution in [3.63, 3.8) is 0 Å². The number of carbonyl (C=O) groups is 1. The van der Waals surface area contributed by atoms with Crippen LogP contribution >= 0.6 is 0 Å². The van der Waals surface area contributed by atoms with E-state index in [-0.39, 0.29) is 11.4 Å². The normalized spacial score (nSPS) is 14.8. The number of nitrogens with one attached hydrogen (secondary N) is 2. The van der Waals surface area contributed by atoms with Crippen LogP contribution in [-0.4, -0.2) is 70.9 Å². The van der Waals surface area contributed by atoms with Crippen LogP contribution in [-0.2, 0) is 19.0 Å². The van der Waals surface area contributed by atoms with Crippen LogP contribution in [0.15, 0.2) is 48.5 Å². The number of nitrogens with zero attached hydrogens (tertiary/aromatic N) is 5. The van der Waals surface area contributed by atoms with Gasteiger partial charge in [-0.3, -0.25) is 4.90 Å². The van der Waals surface area contributed by atoms with Crippen molar-refractivity contribution in [3.05, 3.63) is 59.8 Å². The second-order valence-corrected chi connectivity index (χ2v) is 11.8. The number of anilines is 3. The minimum absolute atomic E-state index is 0.146. The van der Waals surface area contributed by atoms with E-state index in [0.29, 0.717) is 17.2 Å². The van der Waals surface area contributed by atoms with Crippen LogP contribution in [0.25, 0.3) is 22.2 Å². The van der Waals surface area contributed by atoms with Crippen molar-refractivity contribution in [1.29, 1.82) is 0 Å². The van der Waals surface area contributed by atoms with E-state index >= 15 is 0 Å². The fourth-order valence-electron chi connectivity index (χ4n) is 5.12. The number of hydrogen-bond donors (Lipinski definition) is 3. The molecule has 5 rings (SSSR count). The summed E-state index contributed by atoms with van der Waals surface area (Å²) in [5, 5.41) is 11.1. The van der Waals surface area contributed by atoms with Crippen LogP contribution in [0.3, 0.4) is 0 Å². The molecule has 41 heavy (non-hydrogen) atoms.